The van der Waals surface area contributed by atoms with Crippen molar-refractivity contribution in [3.8, 4) is 0 Å². The van der Waals surface area contributed by atoms with Crippen molar-refractivity contribution in [3.63, 3.8) is 0 Å². The normalized spacial score (nSPS) is 24.5. The van der Waals surface area contributed by atoms with Crippen LogP contribution in [0.2, 0.25) is 0 Å². The van der Waals surface area contributed by atoms with Crippen LogP contribution in [0.3, 0.4) is 0 Å². The van der Waals surface area contributed by atoms with Crippen LogP contribution in [0.15, 0.2) is 0 Å². The van der Waals surface area contributed by atoms with E-state index >= 15 is 0 Å². The van der Waals surface area contributed by atoms with E-state index in [0.717, 1.165) is 4.90 Å². The number of hydrogen-bond acceptors (Lipinski definition) is 4. The number of nitrogens with one attached hydrogen (secondary N) is 1. The van der Waals surface area contributed by atoms with Gasteiger partial charge in [0.15, 0.2) is 0 Å². The summed E-state index contributed by atoms with van der Waals surface area (Å²) in [6.07, 6.45) is 0.301. The molecule has 0 radical (unpaired) electrons. The number of ether oxygens (including phenoxy) is 1. The Morgan fingerprint density at radius 2 is 2.29 bits per heavy atom. The molecule has 5 heteroatoms. The third-order valence-corrected chi connectivity index (χ3v) is 2.44. The second-order valence-electron chi connectivity index (χ2n) is 3.50. The number of carbonyl (C=O) groups excluding carboxylic acids is 2. The molecule has 0 aliphatic carbocycles. The first-order valence-corrected chi connectivity index (χ1v) is 4.62. The number of methoxy groups -OCH3 is 1. The molecular weight excluding hydrogens is 184 g/mol. The van der Waals surface area contributed by atoms with Crippen LogP contribution in [0.4, 0.5) is 0 Å². The van der Waals surface area contributed by atoms with Crippen LogP contribution in [0.25, 0.3) is 0 Å². The molecule has 0 aromatic heterocycles. The second kappa shape index (κ2) is 4.52. The number of imide groups is 1. The maximum absolute atomic E-state index is 11.4. The number of nitrogens with zero attached hydrogens (tertiary/aromatic N) is 1. The molecule has 14 heavy (non-hydrogen) atoms. The topological polar surface area (TPSA) is 58.6 Å². The van der Waals surface area contributed by atoms with Crippen molar-refractivity contribution in [3.05, 3.63) is 0 Å². The summed E-state index contributed by atoms with van der Waals surface area (Å²) < 4.78 is 5.03. The van der Waals surface area contributed by atoms with Crippen molar-refractivity contribution in [1.82, 2.24) is 10.2 Å². The van der Waals surface area contributed by atoms with E-state index in [-0.39, 0.29) is 30.4 Å². The SMILES string of the molecule is COC(C)CNC1CC(=O)N(C)C1=O. The second-order valence-corrected chi connectivity index (χ2v) is 3.50. The van der Waals surface area contributed by atoms with Crippen LogP contribution in [-0.4, -0.2) is 49.6 Å². The Balaban J connectivity index is 2.40. The lowest BCUT2D eigenvalue weighted by Gasteiger charge is -2.14. The summed E-state index contributed by atoms with van der Waals surface area (Å²) in [5.41, 5.74) is 0. The van der Waals surface area contributed by atoms with Gasteiger partial charge in [-0.1, -0.05) is 0 Å². The van der Waals surface area contributed by atoms with E-state index < -0.39 is 0 Å². The number of carbonyl (C=O) groups is 2. The van der Waals surface area contributed by atoms with Gasteiger partial charge < -0.3 is 10.1 Å². The molecule has 1 N–H and O–H groups in total. The lowest BCUT2D eigenvalue weighted by atomic mass is 10.2. The van der Waals surface area contributed by atoms with Gasteiger partial charge in [-0.15, -0.1) is 0 Å². The zero-order chi connectivity index (χ0) is 10.7. The fraction of sp³-hybridized carbons (Fsp3) is 0.778. The van der Waals surface area contributed by atoms with Crippen molar-refractivity contribution >= 4 is 11.8 Å². The van der Waals surface area contributed by atoms with E-state index in [1.54, 1.807) is 7.11 Å². The lowest BCUT2D eigenvalue weighted by Crippen LogP contribution is -2.40. The van der Waals surface area contributed by atoms with Crippen molar-refractivity contribution in [1.29, 1.82) is 0 Å². The van der Waals surface area contributed by atoms with Gasteiger partial charge in [-0.25, -0.2) is 0 Å². The van der Waals surface area contributed by atoms with Crippen LogP contribution in [0.1, 0.15) is 13.3 Å². The van der Waals surface area contributed by atoms with Gasteiger partial charge in [0.05, 0.1) is 18.6 Å². The zero-order valence-corrected chi connectivity index (χ0v) is 8.74. The van der Waals surface area contributed by atoms with Crippen LogP contribution in [0, 0.1) is 0 Å². The summed E-state index contributed by atoms with van der Waals surface area (Å²) in [6, 6.07) is -0.370. The molecule has 80 valence electrons. The van der Waals surface area contributed by atoms with Gasteiger partial charge in [-0.3, -0.25) is 14.5 Å². The molecule has 0 saturated carbocycles. The standard InChI is InChI=1S/C9H16N2O3/c1-6(14-3)5-10-7-4-8(12)11(2)9(7)13/h6-7,10H,4-5H2,1-3H3. The molecule has 0 aromatic rings. The Morgan fingerprint density at radius 3 is 2.71 bits per heavy atom. The maximum atomic E-state index is 11.4. The van der Waals surface area contributed by atoms with Crippen LogP contribution >= 0.6 is 0 Å². The summed E-state index contributed by atoms with van der Waals surface area (Å²) in [6.45, 7) is 2.48. The fourth-order valence-corrected chi connectivity index (χ4v) is 1.31. The Bertz CT molecular complexity index is 242. The minimum absolute atomic E-state index is 0.0452. The predicted octanol–water partition coefficient (Wildman–Crippen LogP) is -0.632. The molecule has 0 aromatic carbocycles. The molecule has 2 unspecified atom stereocenters. The Kier molecular flexibility index (Phi) is 3.60. The van der Waals surface area contributed by atoms with E-state index in [1.807, 2.05) is 6.92 Å². The Hall–Kier alpha value is -0.940. The highest BCUT2D eigenvalue weighted by Gasteiger charge is 2.35. The third kappa shape index (κ3) is 2.30. The molecule has 1 heterocycles. The smallest absolute Gasteiger partial charge is 0.246 e. The zero-order valence-electron chi connectivity index (χ0n) is 8.74. The molecule has 0 bridgehead atoms. The summed E-state index contributed by atoms with van der Waals surface area (Å²) in [7, 11) is 3.12. The van der Waals surface area contributed by atoms with Gasteiger partial charge >= 0.3 is 0 Å². The fourth-order valence-electron chi connectivity index (χ4n) is 1.31. The van der Waals surface area contributed by atoms with Gasteiger partial charge in [-0.2, -0.15) is 0 Å². The van der Waals surface area contributed by atoms with E-state index in [9.17, 15) is 9.59 Å². The van der Waals surface area contributed by atoms with Crippen LogP contribution in [0.5, 0.6) is 0 Å². The van der Waals surface area contributed by atoms with E-state index in [0.29, 0.717) is 6.54 Å². The first kappa shape index (κ1) is 11.1. The monoisotopic (exact) mass is 200 g/mol. The first-order valence-electron chi connectivity index (χ1n) is 4.62. The minimum Gasteiger partial charge on any atom is -0.380 e. The van der Waals surface area contributed by atoms with Gasteiger partial charge in [0, 0.05) is 20.7 Å². The summed E-state index contributed by atoms with van der Waals surface area (Å²) in [5, 5.41) is 3.01. The average molecular weight is 200 g/mol. The molecule has 1 aliphatic heterocycles. The van der Waals surface area contributed by atoms with Crippen molar-refractivity contribution in [2.24, 2.45) is 0 Å². The number of likely N-dealkylation sites (N-methyl/N-ethyl adjacent to an activating group) is 1. The molecule has 1 fully saturated rings. The van der Waals surface area contributed by atoms with Crippen molar-refractivity contribution in [2.75, 3.05) is 20.7 Å². The molecule has 0 spiro atoms. The number of hydrogen-bond donors (Lipinski definition) is 1. The molecule has 2 amide bonds. The Morgan fingerprint density at radius 1 is 1.64 bits per heavy atom. The molecule has 2 atom stereocenters. The lowest BCUT2D eigenvalue weighted by molar-refractivity contribution is -0.137. The predicted molar refractivity (Wildman–Crippen MR) is 50.7 cm³/mol. The van der Waals surface area contributed by atoms with Gasteiger partial charge in [0.25, 0.3) is 0 Å². The highest BCUT2D eigenvalue weighted by Crippen LogP contribution is 2.10. The minimum atomic E-state index is -0.370. The average Bonchev–Trinajstić information content (AvgIpc) is 2.42. The van der Waals surface area contributed by atoms with Crippen LogP contribution in [-0.2, 0) is 14.3 Å². The van der Waals surface area contributed by atoms with Crippen molar-refractivity contribution < 1.29 is 14.3 Å². The van der Waals surface area contributed by atoms with E-state index in [4.69, 9.17) is 4.74 Å². The molecule has 5 nitrogen and oxygen atoms in total. The quantitative estimate of drug-likeness (QED) is 0.614. The highest BCUT2D eigenvalue weighted by atomic mass is 16.5. The largest absolute Gasteiger partial charge is 0.380 e. The number of amides is 2. The first-order chi connectivity index (χ1) is 6.56. The Labute approximate surface area is 83.4 Å². The number of rotatable bonds is 4. The number of likely N-dealkylation sites (tertiary alicyclic amines) is 1. The van der Waals surface area contributed by atoms with Gasteiger partial charge in [0.1, 0.15) is 0 Å². The maximum Gasteiger partial charge on any atom is 0.246 e. The summed E-state index contributed by atoms with van der Waals surface area (Å²) in [4.78, 5) is 23.7. The van der Waals surface area contributed by atoms with E-state index in [2.05, 4.69) is 5.32 Å². The summed E-state index contributed by atoms with van der Waals surface area (Å²) >= 11 is 0. The van der Waals surface area contributed by atoms with Crippen LogP contribution < -0.4 is 5.32 Å². The highest BCUT2D eigenvalue weighted by molar-refractivity contribution is 6.05. The van der Waals surface area contributed by atoms with Gasteiger partial charge in [0.2, 0.25) is 11.8 Å². The summed E-state index contributed by atoms with van der Waals surface area (Å²) in [5.74, 6) is -0.282. The van der Waals surface area contributed by atoms with Gasteiger partial charge in [-0.05, 0) is 6.92 Å². The molecule has 1 saturated heterocycles. The van der Waals surface area contributed by atoms with Crippen molar-refractivity contribution in [2.45, 2.75) is 25.5 Å². The molecular formula is C9H16N2O3. The third-order valence-electron chi connectivity index (χ3n) is 2.44. The molecule has 1 rings (SSSR count). The molecule has 1 aliphatic rings. The van der Waals surface area contributed by atoms with E-state index in [1.165, 1.54) is 7.05 Å².